The number of carbonyl (C=O) groups is 1. The Labute approximate surface area is 149 Å². The highest BCUT2D eigenvalue weighted by molar-refractivity contribution is 7.09. The van der Waals surface area contributed by atoms with Gasteiger partial charge in [-0.15, -0.1) is 11.3 Å². The molecule has 6 nitrogen and oxygen atoms in total. The molecule has 1 N–H and O–H groups in total. The molecule has 0 radical (unpaired) electrons. The smallest absolute Gasteiger partial charge is 0.226 e. The van der Waals surface area contributed by atoms with E-state index in [1.54, 1.807) is 18.6 Å². The molecule has 0 aliphatic heterocycles. The molecule has 0 aliphatic carbocycles. The number of hydrogen-bond donors (Lipinski definition) is 1. The summed E-state index contributed by atoms with van der Waals surface area (Å²) in [6.45, 7) is 2.76. The predicted molar refractivity (Wildman–Crippen MR) is 95.2 cm³/mol. The van der Waals surface area contributed by atoms with Gasteiger partial charge >= 0.3 is 0 Å². The minimum absolute atomic E-state index is 0.0654. The van der Waals surface area contributed by atoms with Crippen LogP contribution in [-0.4, -0.2) is 20.9 Å². The number of nitrogens with zero attached hydrogens (tertiary/aromatic N) is 3. The number of rotatable bonds is 7. The molecule has 3 aromatic heterocycles. The number of pyridine rings is 2. The first kappa shape index (κ1) is 17.0. The number of hydrogen-bond acceptors (Lipinski definition) is 6. The molecule has 25 heavy (non-hydrogen) atoms. The number of ether oxygens (including phenoxy) is 1. The van der Waals surface area contributed by atoms with E-state index in [0.717, 1.165) is 22.0 Å². The maximum atomic E-state index is 12.0. The molecule has 128 valence electrons. The van der Waals surface area contributed by atoms with E-state index in [0.29, 0.717) is 18.9 Å². The molecule has 0 saturated carbocycles. The van der Waals surface area contributed by atoms with Crippen LogP contribution in [0.1, 0.15) is 22.0 Å². The second-order valence-corrected chi connectivity index (χ2v) is 6.41. The van der Waals surface area contributed by atoms with Crippen LogP contribution in [0, 0.1) is 6.92 Å². The molecule has 3 heterocycles. The zero-order valence-corrected chi connectivity index (χ0v) is 14.6. The molecule has 0 aromatic carbocycles. The minimum Gasteiger partial charge on any atom is -0.485 e. The Morgan fingerprint density at radius 2 is 2.20 bits per heavy atom. The second-order valence-electron chi connectivity index (χ2n) is 5.47. The van der Waals surface area contributed by atoms with Crippen molar-refractivity contribution in [1.29, 1.82) is 0 Å². The quantitative estimate of drug-likeness (QED) is 0.706. The standard InChI is InChI=1S/C18H18N4O2S/c1-13-4-5-16(10-20-13)24-11-18-22-15(12-25-18)7-17(23)21-9-14-3-2-6-19-8-14/h2-6,8,10,12H,7,9,11H2,1H3,(H,21,23). The Morgan fingerprint density at radius 1 is 1.28 bits per heavy atom. The molecule has 0 atom stereocenters. The molecule has 7 heteroatoms. The van der Waals surface area contributed by atoms with Crippen LogP contribution in [0.15, 0.2) is 48.2 Å². The van der Waals surface area contributed by atoms with E-state index < -0.39 is 0 Å². The Hall–Kier alpha value is -2.80. The summed E-state index contributed by atoms with van der Waals surface area (Å²) in [7, 11) is 0. The van der Waals surface area contributed by atoms with Gasteiger partial charge in [0.2, 0.25) is 5.91 Å². The molecule has 0 aliphatic rings. The lowest BCUT2D eigenvalue weighted by molar-refractivity contribution is -0.120. The van der Waals surface area contributed by atoms with Gasteiger partial charge in [-0.25, -0.2) is 4.98 Å². The maximum absolute atomic E-state index is 12.0. The number of aryl methyl sites for hydroxylation is 1. The largest absolute Gasteiger partial charge is 0.485 e. The van der Waals surface area contributed by atoms with Gasteiger partial charge in [-0.3, -0.25) is 14.8 Å². The molecular weight excluding hydrogens is 336 g/mol. The van der Waals surface area contributed by atoms with Crippen molar-refractivity contribution < 1.29 is 9.53 Å². The van der Waals surface area contributed by atoms with Crippen LogP contribution in [0.2, 0.25) is 0 Å². The van der Waals surface area contributed by atoms with Crippen molar-refractivity contribution in [3.05, 3.63) is 70.2 Å². The summed E-state index contributed by atoms with van der Waals surface area (Å²) in [6.07, 6.45) is 5.38. The molecule has 0 unspecified atom stereocenters. The Balaban J connectivity index is 1.46. The average molecular weight is 354 g/mol. The lowest BCUT2D eigenvalue weighted by Crippen LogP contribution is -2.24. The van der Waals surface area contributed by atoms with Crippen molar-refractivity contribution in [2.75, 3.05) is 0 Å². The summed E-state index contributed by atoms with van der Waals surface area (Å²) in [5.41, 5.74) is 2.66. The SMILES string of the molecule is Cc1ccc(OCc2nc(CC(=O)NCc3cccnc3)cs2)cn1. The summed E-state index contributed by atoms with van der Waals surface area (Å²) < 4.78 is 5.65. The van der Waals surface area contributed by atoms with E-state index in [4.69, 9.17) is 4.74 Å². The van der Waals surface area contributed by atoms with Crippen LogP contribution in [-0.2, 0) is 24.4 Å². The fourth-order valence-corrected chi connectivity index (χ4v) is 2.82. The third-order valence-electron chi connectivity index (χ3n) is 3.40. The van der Waals surface area contributed by atoms with E-state index in [2.05, 4.69) is 20.3 Å². The van der Waals surface area contributed by atoms with Gasteiger partial charge in [-0.05, 0) is 30.7 Å². The maximum Gasteiger partial charge on any atom is 0.226 e. The molecule has 3 aromatic rings. The lowest BCUT2D eigenvalue weighted by atomic mass is 10.2. The van der Waals surface area contributed by atoms with Crippen molar-refractivity contribution in [3.8, 4) is 5.75 Å². The van der Waals surface area contributed by atoms with Crippen molar-refractivity contribution in [2.24, 2.45) is 0 Å². The summed E-state index contributed by atoms with van der Waals surface area (Å²) in [6, 6.07) is 7.54. The van der Waals surface area contributed by atoms with E-state index in [-0.39, 0.29) is 12.3 Å². The molecule has 1 amide bonds. The average Bonchev–Trinajstić information content (AvgIpc) is 3.08. The lowest BCUT2D eigenvalue weighted by Gasteiger charge is -2.04. The van der Waals surface area contributed by atoms with Crippen LogP contribution in [0.3, 0.4) is 0 Å². The van der Waals surface area contributed by atoms with Gasteiger partial charge in [-0.2, -0.15) is 0 Å². The van der Waals surface area contributed by atoms with E-state index in [1.807, 2.05) is 36.6 Å². The van der Waals surface area contributed by atoms with Crippen molar-refractivity contribution in [1.82, 2.24) is 20.3 Å². The Bertz CT molecular complexity index is 819. The van der Waals surface area contributed by atoms with Gasteiger partial charge in [0.15, 0.2) is 0 Å². The molecule has 0 bridgehead atoms. The Kier molecular flexibility index (Phi) is 5.69. The van der Waals surface area contributed by atoms with Gasteiger partial charge in [0.1, 0.15) is 17.4 Å². The summed E-state index contributed by atoms with van der Waals surface area (Å²) >= 11 is 1.48. The van der Waals surface area contributed by atoms with E-state index in [9.17, 15) is 4.79 Å². The highest BCUT2D eigenvalue weighted by atomic mass is 32.1. The van der Waals surface area contributed by atoms with Crippen LogP contribution >= 0.6 is 11.3 Å². The molecular formula is C18H18N4O2S. The monoisotopic (exact) mass is 354 g/mol. The molecule has 0 saturated heterocycles. The van der Waals surface area contributed by atoms with Crippen molar-refractivity contribution in [2.45, 2.75) is 26.5 Å². The highest BCUT2D eigenvalue weighted by Gasteiger charge is 2.08. The molecule has 3 rings (SSSR count). The number of nitrogens with one attached hydrogen (secondary N) is 1. The molecule has 0 fully saturated rings. The van der Waals surface area contributed by atoms with Gasteiger partial charge in [0, 0.05) is 30.0 Å². The van der Waals surface area contributed by atoms with Crippen LogP contribution in [0.4, 0.5) is 0 Å². The number of amides is 1. The van der Waals surface area contributed by atoms with E-state index in [1.165, 1.54) is 11.3 Å². The number of aromatic nitrogens is 3. The van der Waals surface area contributed by atoms with Gasteiger partial charge in [0.25, 0.3) is 0 Å². The van der Waals surface area contributed by atoms with Crippen LogP contribution < -0.4 is 10.1 Å². The summed E-state index contributed by atoms with van der Waals surface area (Å²) in [5, 5.41) is 5.58. The van der Waals surface area contributed by atoms with Crippen LogP contribution in [0.5, 0.6) is 5.75 Å². The number of thiazole rings is 1. The second kappa shape index (κ2) is 8.34. The third-order valence-corrected chi connectivity index (χ3v) is 4.27. The first-order valence-electron chi connectivity index (χ1n) is 7.83. The fraction of sp³-hybridized carbons (Fsp3) is 0.222. The third kappa shape index (κ3) is 5.36. The van der Waals surface area contributed by atoms with E-state index >= 15 is 0 Å². The predicted octanol–water partition coefficient (Wildman–Crippen LogP) is 2.68. The Morgan fingerprint density at radius 3 is 2.96 bits per heavy atom. The summed E-state index contributed by atoms with van der Waals surface area (Å²) in [5.74, 6) is 0.640. The highest BCUT2D eigenvalue weighted by Crippen LogP contribution is 2.15. The fourth-order valence-electron chi connectivity index (χ4n) is 2.11. The first-order chi connectivity index (χ1) is 12.2. The van der Waals surface area contributed by atoms with Crippen molar-refractivity contribution >= 4 is 17.2 Å². The summed E-state index contributed by atoms with van der Waals surface area (Å²) in [4.78, 5) is 24.6. The van der Waals surface area contributed by atoms with Gasteiger partial charge in [0.05, 0.1) is 18.3 Å². The van der Waals surface area contributed by atoms with Gasteiger partial charge in [-0.1, -0.05) is 6.07 Å². The van der Waals surface area contributed by atoms with Crippen molar-refractivity contribution in [3.63, 3.8) is 0 Å². The van der Waals surface area contributed by atoms with Crippen LogP contribution in [0.25, 0.3) is 0 Å². The first-order valence-corrected chi connectivity index (χ1v) is 8.71. The minimum atomic E-state index is -0.0654. The zero-order valence-electron chi connectivity index (χ0n) is 13.8. The topological polar surface area (TPSA) is 77.0 Å². The molecule has 0 spiro atoms. The van der Waals surface area contributed by atoms with Gasteiger partial charge < -0.3 is 10.1 Å². The zero-order chi connectivity index (χ0) is 17.5. The number of carbonyl (C=O) groups excluding carboxylic acids is 1. The normalized spacial score (nSPS) is 10.4.